The second-order valence-electron chi connectivity index (χ2n) is 5.84. The van der Waals surface area contributed by atoms with Gasteiger partial charge in [-0.2, -0.15) is 0 Å². The lowest BCUT2D eigenvalue weighted by Gasteiger charge is -2.04. The monoisotopic (exact) mass is 387 g/mol. The Balaban J connectivity index is 1.52. The Labute approximate surface area is 166 Å². The molecule has 0 radical (unpaired) electrons. The predicted molar refractivity (Wildman–Crippen MR) is 109 cm³/mol. The van der Waals surface area contributed by atoms with Crippen LogP contribution >= 0.6 is 0 Å². The minimum Gasteiger partial charge on any atom is -0.507 e. The lowest BCUT2D eigenvalue weighted by atomic mass is 10.2. The van der Waals surface area contributed by atoms with Crippen molar-refractivity contribution in [3.8, 4) is 5.75 Å². The van der Waals surface area contributed by atoms with Crippen LogP contribution in [0.1, 0.15) is 15.9 Å². The van der Waals surface area contributed by atoms with E-state index in [9.17, 15) is 14.7 Å². The topological polar surface area (TPSA) is 100 Å². The Morgan fingerprint density at radius 3 is 2.31 bits per heavy atom. The van der Waals surface area contributed by atoms with Crippen LogP contribution in [0, 0.1) is 0 Å². The summed E-state index contributed by atoms with van der Waals surface area (Å²) in [4.78, 5) is 28.6. The molecule has 29 heavy (non-hydrogen) atoms. The average Bonchev–Trinajstić information content (AvgIpc) is 2.76. The highest BCUT2D eigenvalue weighted by atomic mass is 16.7. The molecule has 3 aromatic carbocycles. The molecular weight excluding hydrogens is 370 g/mol. The van der Waals surface area contributed by atoms with Crippen LogP contribution in [0.25, 0.3) is 6.08 Å². The van der Waals surface area contributed by atoms with E-state index in [4.69, 9.17) is 4.84 Å². The standard InChI is InChI=1S/C22H17N3O4/c26-20-9-5-4-8-19(20)22(28)24-23-17-11-13-18(14-12-17)25-29-21(27)15-10-16-6-2-1-3-7-16/h1-15,25-26H. The van der Waals surface area contributed by atoms with Gasteiger partial charge in [0.2, 0.25) is 0 Å². The highest BCUT2D eigenvalue weighted by Crippen LogP contribution is 2.20. The summed E-state index contributed by atoms with van der Waals surface area (Å²) in [6.45, 7) is 0. The van der Waals surface area contributed by atoms with Crippen LogP contribution in [0.3, 0.4) is 0 Å². The van der Waals surface area contributed by atoms with E-state index >= 15 is 0 Å². The lowest BCUT2D eigenvalue weighted by molar-refractivity contribution is -0.134. The number of aromatic hydroxyl groups is 1. The smallest absolute Gasteiger partial charge is 0.355 e. The molecular formula is C22H17N3O4. The molecule has 0 aromatic heterocycles. The third-order valence-corrected chi connectivity index (χ3v) is 3.74. The number of azo groups is 1. The molecule has 0 bridgehead atoms. The molecule has 0 heterocycles. The number of hydrogen-bond acceptors (Lipinski definition) is 6. The number of nitrogens with one attached hydrogen (secondary N) is 1. The number of amides is 1. The minimum absolute atomic E-state index is 0.0741. The molecule has 0 fully saturated rings. The van der Waals surface area contributed by atoms with E-state index in [0.29, 0.717) is 11.4 Å². The van der Waals surface area contributed by atoms with Gasteiger partial charge < -0.3 is 9.94 Å². The van der Waals surface area contributed by atoms with Crippen LogP contribution < -0.4 is 5.48 Å². The summed E-state index contributed by atoms with van der Waals surface area (Å²) in [5.41, 5.74) is 4.44. The van der Waals surface area contributed by atoms with Crippen molar-refractivity contribution in [3.63, 3.8) is 0 Å². The first kappa shape index (κ1) is 19.5. The first-order valence-electron chi connectivity index (χ1n) is 8.66. The zero-order valence-corrected chi connectivity index (χ0v) is 15.2. The number of carbonyl (C=O) groups excluding carboxylic acids is 2. The molecule has 0 atom stereocenters. The number of phenols is 1. The quantitative estimate of drug-likeness (QED) is 0.356. The normalized spacial score (nSPS) is 10.9. The first-order chi connectivity index (χ1) is 14.1. The van der Waals surface area contributed by atoms with Crippen LogP contribution in [0.15, 0.2) is 95.2 Å². The lowest BCUT2D eigenvalue weighted by Crippen LogP contribution is -2.07. The molecule has 0 aliphatic heterocycles. The van der Waals surface area contributed by atoms with Crippen LogP contribution in [0.4, 0.5) is 11.4 Å². The Hall–Kier alpha value is -4.26. The summed E-state index contributed by atoms with van der Waals surface area (Å²) in [5, 5.41) is 17.1. The molecule has 7 nitrogen and oxygen atoms in total. The molecule has 7 heteroatoms. The summed E-state index contributed by atoms with van der Waals surface area (Å²) in [6.07, 6.45) is 2.96. The van der Waals surface area contributed by atoms with Crippen molar-refractivity contribution in [2.24, 2.45) is 10.2 Å². The van der Waals surface area contributed by atoms with Gasteiger partial charge in [0.1, 0.15) is 5.75 Å². The molecule has 0 unspecified atom stereocenters. The fourth-order valence-electron chi connectivity index (χ4n) is 2.28. The molecule has 0 aliphatic carbocycles. The Morgan fingerprint density at radius 1 is 0.897 bits per heavy atom. The van der Waals surface area contributed by atoms with Gasteiger partial charge in [-0.15, -0.1) is 10.2 Å². The van der Waals surface area contributed by atoms with Gasteiger partial charge in [0.05, 0.1) is 16.9 Å². The van der Waals surface area contributed by atoms with Crippen molar-refractivity contribution in [3.05, 3.63) is 96.1 Å². The van der Waals surface area contributed by atoms with E-state index in [1.807, 2.05) is 30.3 Å². The summed E-state index contributed by atoms with van der Waals surface area (Å²) in [5.74, 6) is -1.35. The number of para-hydroxylation sites is 1. The van der Waals surface area contributed by atoms with Crippen LogP contribution in [-0.4, -0.2) is 17.0 Å². The molecule has 2 N–H and O–H groups in total. The van der Waals surface area contributed by atoms with Crippen molar-refractivity contribution < 1.29 is 19.5 Å². The molecule has 144 valence electrons. The van der Waals surface area contributed by atoms with Crippen LogP contribution in [0.2, 0.25) is 0 Å². The highest BCUT2D eigenvalue weighted by Gasteiger charge is 2.08. The third-order valence-electron chi connectivity index (χ3n) is 3.74. The van der Waals surface area contributed by atoms with Crippen molar-refractivity contribution >= 4 is 29.3 Å². The van der Waals surface area contributed by atoms with E-state index in [-0.39, 0.29) is 11.3 Å². The number of benzene rings is 3. The maximum absolute atomic E-state index is 12.0. The second-order valence-corrected chi connectivity index (χ2v) is 5.84. The zero-order chi connectivity index (χ0) is 20.5. The van der Waals surface area contributed by atoms with Crippen LogP contribution in [0.5, 0.6) is 5.75 Å². The molecule has 0 saturated heterocycles. The number of nitrogens with zero attached hydrogens (tertiary/aromatic N) is 2. The van der Waals surface area contributed by atoms with Gasteiger partial charge in [-0.1, -0.05) is 42.5 Å². The maximum atomic E-state index is 12.0. The Kier molecular flexibility index (Phi) is 6.46. The van der Waals surface area contributed by atoms with Gasteiger partial charge in [-0.3, -0.25) is 4.79 Å². The third kappa shape index (κ3) is 5.86. The summed E-state index contributed by atoms with van der Waals surface area (Å²) in [6, 6.07) is 21.9. The van der Waals surface area contributed by atoms with Crippen molar-refractivity contribution in [2.75, 3.05) is 5.48 Å². The van der Waals surface area contributed by atoms with E-state index in [2.05, 4.69) is 15.7 Å². The largest absolute Gasteiger partial charge is 0.507 e. The van der Waals surface area contributed by atoms with Gasteiger partial charge in [0, 0.05) is 6.08 Å². The summed E-state index contributed by atoms with van der Waals surface area (Å²) >= 11 is 0. The SMILES string of the molecule is O=C(C=Cc1ccccc1)ONc1ccc(N=NC(=O)c2ccccc2O)cc1. The Morgan fingerprint density at radius 2 is 1.59 bits per heavy atom. The van der Waals surface area contributed by atoms with Gasteiger partial charge in [0.15, 0.2) is 0 Å². The first-order valence-corrected chi connectivity index (χ1v) is 8.66. The molecule has 3 aromatic rings. The molecule has 1 amide bonds. The number of anilines is 1. The molecule has 0 aliphatic rings. The van der Waals surface area contributed by atoms with Crippen molar-refractivity contribution in [1.82, 2.24) is 0 Å². The Bertz CT molecular complexity index is 1050. The van der Waals surface area contributed by atoms with E-state index in [1.54, 1.807) is 42.5 Å². The average molecular weight is 387 g/mol. The van der Waals surface area contributed by atoms with Gasteiger partial charge in [0.25, 0.3) is 5.91 Å². The molecule has 0 saturated carbocycles. The van der Waals surface area contributed by atoms with E-state index < -0.39 is 11.9 Å². The highest BCUT2D eigenvalue weighted by molar-refractivity contribution is 5.97. The molecule has 3 rings (SSSR count). The zero-order valence-electron chi connectivity index (χ0n) is 15.2. The van der Waals surface area contributed by atoms with Crippen molar-refractivity contribution in [2.45, 2.75) is 0 Å². The second kappa shape index (κ2) is 9.61. The van der Waals surface area contributed by atoms with E-state index in [1.165, 1.54) is 18.2 Å². The maximum Gasteiger partial charge on any atom is 0.355 e. The minimum atomic E-state index is -0.649. The summed E-state index contributed by atoms with van der Waals surface area (Å²) in [7, 11) is 0. The van der Waals surface area contributed by atoms with E-state index in [0.717, 1.165) is 5.56 Å². The van der Waals surface area contributed by atoms with Gasteiger partial charge >= 0.3 is 5.97 Å². The van der Waals surface area contributed by atoms with Gasteiger partial charge in [-0.05, 0) is 48.0 Å². The fourth-order valence-corrected chi connectivity index (χ4v) is 2.28. The predicted octanol–water partition coefficient (Wildman–Crippen LogP) is 4.90. The fraction of sp³-hybridized carbons (Fsp3) is 0. The summed E-state index contributed by atoms with van der Waals surface area (Å²) < 4.78 is 0. The van der Waals surface area contributed by atoms with Crippen LogP contribution in [-0.2, 0) is 9.63 Å². The number of rotatable bonds is 6. The van der Waals surface area contributed by atoms with Crippen molar-refractivity contribution in [1.29, 1.82) is 0 Å². The number of carbonyl (C=O) groups is 2. The molecule has 0 spiro atoms. The number of phenolic OH excluding ortho intramolecular Hbond substituents is 1. The van der Waals surface area contributed by atoms with Gasteiger partial charge in [-0.25, -0.2) is 10.3 Å². The number of hydrogen-bond donors (Lipinski definition) is 2.